The van der Waals surface area contributed by atoms with E-state index < -0.39 is 5.60 Å². The average Bonchev–Trinajstić information content (AvgIpc) is 2.83. The molecular formula is C27H39N3O4. The zero-order chi connectivity index (χ0) is 24.9. The predicted octanol–water partition coefficient (Wildman–Crippen LogP) is 5.06. The molecule has 1 aromatic carbocycles. The van der Waals surface area contributed by atoms with Crippen LogP contribution in [0.1, 0.15) is 95.0 Å². The minimum Gasteiger partial charge on any atom is -0.475 e. The van der Waals surface area contributed by atoms with Crippen LogP contribution < -0.4 is 9.64 Å². The molecule has 1 saturated carbocycles. The van der Waals surface area contributed by atoms with Crippen molar-refractivity contribution in [3.8, 4) is 11.8 Å². The van der Waals surface area contributed by atoms with Gasteiger partial charge in [-0.15, -0.1) is 0 Å². The number of nitriles is 1. The molecule has 1 atom stereocenters. The molecule has 1 unspecified atom stereocenters. The Morgan fingerprint density at radius 1 is 1.29 bits per heavy atom. The van der Waals surface area contributed by atoms with Gasteiger partial charge in [0.15, 0.2) is 5.60 Å². The van der Waals surface area contributed by atoms with Crippen LogP contribution in [0.15, 0.2) is 12.1 Å². The molecule has 1 aromatic rings. The Kier molecular flexibility index (Phi) is 8.59. The van der Waals surface area contributed by atoms with Crippen LogP contribution in [-0.4, -0.2) is 54.7 Å². The lowest BCUT2D eigenvalue weighted by Crippen LogP contribution is -2.54. The van der Waals surface area contributed by atoms with Crippen LogP contribution in [0.5, 0.6) is 5.75 Å². The Labute approximate surface area is 204 Å². The Bertz CT molecular complexity index is 933. The van der Waals surface area contributed by atoms with E-state index in [1.807, 2.05) is 25.7 Å². The molecule has 3 rings (SSSR count). The van der Waals surface area contributed by atoms with Crippen molar-refractivity contribution in [2.45, 2.75) is 96.7 Å². The molecule has 0 aromatic heterocycles. The van der Waals surface area contributed by atoms with Crippen LogP contribution >= 0.6 is 0 Å². The van der Waals surface area contributed by atoms with Crippen molar-refractivity contribution in [3.63, 3.8) is 0 Å². The number of rotatable bonds is 9. The van der Waals surface area contributed by atoms with E-state index in [1.54, 1.807) is 31.1 Å². The number of amides is 2. The lowest BCUT2D eigenvalue weighted by atomic mass is 9.92. The molecule has 1 aliphatic carbocycles. The van der Waals surface area contributed by atoms with E-state index in [1.165, 1.54) is 6.42 Å². The smallest absolute Gasteiger partial charge is 0.270 e. The van der Waals surface area contributed by atoms with Gasteiger partial charge in [-0.1, -0.05) is 26.2 Å². The SMILES string of the molecule is CCC1(C)Oc2cc(C#N)c(C(=O)N(C(C)C)C3CCCCC3)cc2N(CCCCOC)C1=O. The second-order valence-electron chi connectivity index (χ2n) is 9.92. The zero-order valence-corrected chi connectivity index (χ0v) is 21.4. The van der Waals surface area contributed by atoms with Crippen molar-refractivity contribution in [3.05, 3.63) is 23.3 Å². The van der Waals surface area contributed by atoms with E-state index in [2.05, 4.69) is 6.07 Å². The average molecular weight is 470 g/mol. The van der Waals surface area contributed by atoms with Crippen molar-refractivity contribution in [2.75, 3.05) is 25.2 Å². The van der Waals surface area contributed by atoms with Gasteiger partial charge in [-0.2, -0.15) is 5.26 Å². The topological polar surface area (TPSA) is 82.9 Å². The number of anilines is 1. The van der Waals surface area contributed by atoms with Gasteiger partial charge in [-0.3, -0.25) is 9.59 Å². The summed E-state index contributed by atoms with van der Waals surface area (Å²) in [5.41, 5.74) is 0.206. The summed E-state index contributed by atoms with van der Waals surface area (Å²) >= 11 is 0. The molecule has 2 aliphatic rings. The van der Waals surface area contributed by atoms with Crippen molar-refractivity contribution in [2.24, 2.45) is 0 Å². The fourth-order valence-corrected chi connectivity index (χ4v) is 5.09. The first-order valence-electron chi connectivity index (χ1n) is 12.7. The van der Waals surface area contributed by atoms with Gasteiger partial charge in [0.2, 0.25) is 0 Å². The zero-order valence-electron chi connectivity index (χ0n) is 21.4. The fraction of sp³-hybridized carbons (Fsp3) is 0.667. The van der Waals surface area contributed by atoms with Crippen molar-refractivity contribution < 1.29 is 19.1 Å². The van der Waals surface area contributed by atoms with Crippen LogP contribution in [0.2, 0.25) is 0 Å². The number of fused-ring (bicyclic) bond motifs is 1. The van der Waals surface area contributed by atoms with Crippen LogP contribution in [0.25, 0.3) is 0 Å². The van der Waals surface area contributed by atoms with Crippen molar-refractivity contribution in [1.82, 2.24) is 4.90 Å². The van der Waals surface area contributed by atoms with E-state index >= 15 is 0 Å². The maximum absolute atomic E-state index is 13.8. The molecule has 0 radical (unpaired) electrons. The molecular weight excluding hydrogens is 430 g/mol. The maximum atomic E-state index is 13.8. The van der Waals surface area contributed by atoms with E-state index in [0.717, 1.165) is 38.5 Å². The first-order valence-corrected chi connectivity index (χ1v) is 12.7. The molecule has 7 heteroatoms. The summed E-state index contributed by atoms with van der Waals surface area (Å²) in [6.45, 7) is 8.88. The number of benzene rings is 1. The number of ether oxygens (including phenoxy) is 2. The van der Waals surface area contributed by atoms with Crippen LogP contribution in [0, 0.1) is 11.3 Å². The molecule has 0 bridgehead atoms. The summed E-state index contributed by atoms with van der Waals surface area (Å²) < 4.78 is 11.3. The van der Waals surface area contributed by atoms with Crippen LogP contribution in [0.4, 0.5) is 5.69 Å². The Balaban J connectivity index is 2.03. The van der Waals surface area contributed by atoms with E-state index in [0.29, 0.717) is 36.6 Å². The maximum Gasteiger partial charge on any atom is 0.270 e. The Morgan fingerprint density at radius 2 is 2.00 bits per heavy atom. The highest BCUT2D eigenvalue weighted by Gasteiger charge is 2.44. The normalized spacial score (nSPS) is 20.6. The van der Waals surface area contributed by atoms with E-state index in [9.17, 15) is 14.9 Å². The monoisotopic (exact) mass is 469 g/mol. The minimum atomic E-state index is -1.00. The highest BCUT2D eigenvalue weighted by atomic mass is 16.5. The van der Waals surface area contributed by atoms with Gasteiger partial charge in [0.1, 0.15) is 11.8 Å². The molecule has 1 fully saturated rings. The van der Waals surface area contributed by atoms with Crippen LogP contribution in [-0.2, 0) is 9.53 Å². The molecule has 1 aliphatic heterocycles. The lowest BCUT2D eigenvalue weighted by Gasteiger charge is -2.41. The molecule has 34 heavy (non-hydrogen) atoms. The fourth-order valence-electron chi connectivity index (χ4n) is 5.09. The summed E-state index contributed by atoms with van der Waals surface area (Å²) in [5.74, 6) is 0.227. The molecule has 7 nitrogen and oxygen atoms in total. The molecule has 0 spiro atoms. The summed E-state index contributed by atoms with van der Waals surface area (Å²) in [5, 5.41) is 9.93. The number of hydrogen-bond acceptors (Lipinski definition) is 5. The number of nitrogens with zero attached hydrogens (tertiary/aromatic N) is 3. The molecule has 2 amide bonds. The summed E-state index contributed by atoms with van der Waals surface area (Å²) in [4.78, 5) is 30.9. The number of unbranched alkanes of at least 4 members (excludes halogenated alkanes) is 1. The van der Waals surface area contributed by atoms with Gasteiger partial charge in [0, 0.05) is 38.4 Å². The summed E-state index contributed by atoms with van der Waals surface area (Å²) in [6.07, 6.45) is 7.50. The number of carbonyl (C=O) groups excluding carboxylic acids is 2. The predicted molar refractivity (Wildman–Crippen MR) is 132 cm³/mol. The minimum absolute atomic E-state index is 0.0181. The molecule has 1 heterocycles. The second kappa shape index (κ2) is 11.2. The van der Waals surface area contributed by atoms with Gasteiger partial charge in [-0.05, 0) is 58.9 Å². The number of hydrogen-bond donors (Lipinski definition) is 0. The molecule has 0 N–H and O–H groups in total. The number of methoxy groups -OCH3 is 1. The third-order valence-corrected chi connectivity index (χ3v) is 7.19. The summed E-state index contributed by atoms with van der Waals surface area (Å²) in [7, 11) is 1.66. The van der Waals surface area contributed by atoms with Gasteiger partial charge in [-0.25, -0.2) is 0 Å². The van der Waals surface area contributed by atoms with E-state index in [-0.39, 0.29) is 29.5 Å². The van der Waals surface area contributed by atoms with Crippen LogP contribution in [0.3, 0.4) is 0 Å². The van der Waals surface area contributed by atoms with Crippen molar-refractivity contribution in [1.29, 1.82) is 5.26 Å². The number of carbonyl (C=O) groups is 2. The highest BCUT2D eigenvalue weighted by molar-refractivity contribution is 6.05. The van der Waals surface area contributed by atoms with Crippen molar-refractivity contribution >= 4 is 17.5 Å². The standard InChI is InChI=1S/C27H39N3O4/c1-6-27(4)26(32)29(14-10-11-15-33-5)23-17-22(20(18-28)16-24(23)34-27)25(31)30(19(2)3)21-12-8-7-9-13-21/h16-17,19,21H,6-15H2,1-5H3. The first-order chi connectivity index (χ1) is 16.3. The highest BCUT2D eigenvalue weighted by Crippen LogP contribution is 2.41. The lowest BCUT2D eigenvalue weighted by molar-refractivity contribution is -0.134. The molecule has 186 valence electrons. The summed E-state index contributed by atoms with van der Waals surface area (Å²) in [6, 6.07) is 5.75. The van der Waals surface area contributed by atoms with Gasteiger partial charge in [0.05, 0.1) is 16.8 Å². The molecule has 0 saturated heterocycles. The quantitative estimate of drug-likeness (QED) is 0.472. The van der Waals surface area contributed by atoms with Gasteiger partial charge in [0.25, 0.3) is 11.8 Å². The largest absolute Gasteiger partial charge is 0.475 e. The van der Waals surface area contributed by atoms with Gasteiger partial charge >= 0.3 is 0 Å². The second-order valence-corrected chi connectivity index (χ2v) is 9.92. The van der Waals surface area contributed by atoms with E-state index in [4.69, 9.17) is 9.47 Å². The Hall–Kier alpha value is -2.59. The first kappa shape index (κ1) is 26.0. The Morgan fingerprint density at radius 3 is 2.59 bits per heavy atom. The van der Waals surface area contributed by atoms with Gasteiger partial charge < -0.3 is 19.3 Å². The third-order valence-electron chi connectivity index (χ3n) is 7.19. The third kappa shape index (κ3) is 5.22.